The van der Waals surface area contributed by atoms with Gasteiger partial charge in [0.2, 0.25) is 0 Å². The number of aromatic nitrogens is 1. The molecule has 1 amide bonds. The Hall–Kier alpha value is -3.93. The molecular formula is C30H32N2O4. The lowest BCUT2D eigenvalue weighted by Gasteiger charge is -2.26. The number of aliphatic hydroxyl groups is 1. The molecule has 1 N–H and O–H groups in total. The number of methoxy groups -OCH3 is 1. The summed E-state index contributed by atoms with van der Waals surface area (Å²) in [5.41, 5.74) is 4.63. The van der Waals surface area contributed by atoms with Crippen LogP contribution in [0.3, 0.4) is 0 Å². The standard InChI is InChI=1S/C30H32N2O4/c1-17(2)20-7-9-22(10-8-20)32-27(21-11-13-31-14-12-21)26(29(34)30(32)35)28(33)24-16-23(18(3)4)25(36-6)15-19(24)5/h7-18,27,33H,1-6H3/b28-26+. The molecule has 0 saturated carbocycles. The lowest BCUT2D eigenvalue weighted by molar-refractivity contribution is -0.132. The van der Waals surface area contributed by atoms with E-state index < -0.39 is 17.7 Å². The van der Waals surface area contributed by atoms with E-state index in [-0.39, 0.29) is 17.3 Å². The smallest absolute Gasteiger partial charge is 0.300 e. The number of amides is 1. The van der Waals surface area contributed by atoms with Crippen molar-refractivity contribution in [2.24, 2.45) is 0 Å². The van der Waals surface area contributed by atoms with Gasteiger partial charge in [-0.2, -0.15) is 0 Å². The molecule has 0 radical (unpaired) electrons. The molecule has 36 heavy (non-hydrogen) atoms. The van der Waals surface area contributed by atoms with Crippen molar-refractivity contribution in [3.8, 4) is 5.75 Å². The fourth-order valence-electron chi connectivity index (χ4n) is 4.71. The summed E-state index contributed by atoms with van der Waals surface area (Å²) in [5.74, 6) is -0.410. The molecule has 1 unspecified atom stereocenters. The summed E-state index contributed by atoms with van der Waals surface area (Å²) >= 11 is 0. The Morgan fingerprint density at radius 2 is 1.61 bits per heavy atom. The van der Waals surface area contributed by atoms with Crippen LogP contribution in [0.25, 0.3) is 5.76 Å². The highest BCUT2D eigenvalue weighted by Gasteiger charge is 2.47. The van der Waals surface area contributed by atoms with E-state index in [9.17, 15) is 14.7 Å². The van der Waals surface area contributed by atoms with Crippen molar-refractivity contribution in [2.75, 3.05) is 12.0 Å². The van der Waals surface area contributed by atoms with Crippen LogP contribution in [-0.4, -0.2) is 28.9 Å². The number of carbonyl (C=O) groups is 2. The highest BCUT2D eigenvalue weighted by Crippen LogP contribution is 2.43. The number of Topliss-reactive ketones (excluding diaryl/α,β-unsaturated/α-hetero) is 1. The second kappa shape index (κ2) is 9.97. The monoisotopic (exact) mass is 484 g/mol. The third kappa shape index (κ3) is 4.39. The Kier molecular flexibility index (Phi) is 6.97. The van der Waals surface area contributed by atoms with Crippen LogP contribution >= 0.6 is 0 Å². The van der Waals surface area contributed by atoms with Crippen LogP contribution in [-0.2, 0) is 9.59 Å². The number of ketones is 1. The minimum atomic E-state index is -0.790. The van der Waals surface area contributed by atoms with E-state index in [2.05, 4.69) is 18.8 Å². The molecule has 186 valence electrons. The van der Waals surface area contributed by atoms with Gasteiger partial charge < -0.3 is 9.84 Å². The molecule has 0 bridgehead atoms. The van der Waals surface area contributed by atoms with Crippen LogP contribution in [0.2, 0.25) is 0 Å². The fraction of sp³-hybridized carbons (Fsp3) is 0.300. The van der Waals surface area contributed by atoms with Gasteiger partial charge in [0.15, 0.2) is 0 Å². The Morgan fingerprint density at radius 3 is 2.17 bits per heavy atom. The molecule has 2 heterocycles. The largest absolute Gasteiger partial charge is 0.507 e. The molecule has 0 aliphatic carbocycles. The maximum absolute atomic E-state index is 13.5. The number of nitrogens with zero attached hydrogens (tertiary/aromatic N) is 2. The minimum absolute atomic E-state index is 0.0575. The first-order chi connectivity index (χ1) is 17.1. The maximum Gasteiger partial charge on any atom is 0.300 e. The third-order valence-corrected chi connectivity index (χ3v) is 6.76. The van der Waals surface area contributed by atoms with Crippen molar-refractivity contribution in [3.63, 3.8) is 0 Å². The summed E-state index contributed by atoms with van der Waals surface area (Å²) in [4.78, 5) is 32.4. The van der Waals surface area contributed by atoms with E-state index >= 15 is 0 Å². The van der Waals surface area contributed by atoms with Crippen LogP contribution in [0.5, 0.6) is 5.75 Å². The molecule has 1 aromatic heterocycles. The summed E-state index contributed by atoms with van der Waals surface area (Å²) in [5, 5.41) is 11.6. The summed E-state index contributed by atoms with van der Waals surface area (Å²) < 4.78 is 5.54. The predicted molar refractivity (Wildman–Crippen MR) is 141 cm³/mol. The van der Waals surface area contributed by atoms with Crippen molar-refractivity contribution in [2.45, 2.75) is 52.5 Å². The van der Waals surface area contributed by atoms with Gasteiger partial charge in [-0.25, -0.2) is 0 Å². The number of hydrogen-bond acceptors (Lipinski definition) is 5. The zero-order chi connectivity index (χ0) is 26.1. The number of benzene rings is 2. The second-order valence-electron chi connectivity index (χ2n) is 9.76. The topological polar surface area (TPSA) is 79.7 Å². The maximum atomic E-state index is 13.5. The number of aliphatic hydroxyl groups excluding tert-OH is 1. The number of aryl methyl sites for hydroxylation is 1. The Balaban J connectivity index is 1.94. The minimum Gasteiger partial charge on any atom is -0.507 e. The van der Waals surface area contributed by atoms with Gasteiger partial charge in [0.05, 0.1) is 18.7 Å². The first-order valence-electron chi connectivity index (χ1n) is 12.2. The zero-order valence-electron chi connectivity index (χ0n) is 21.6. The van der Waals surface area contributed by atoms with Gasteiger partial charge >= 0.3 is 0 Å². The normalized spacial score (nSPS) is 17.3. The SMILES string of the molecule is COc1cc(C)c(/C(O)=C2\C(=O)C(=O)N(c3ccc(C(C)C)cc3)C2c2ccncc2)cc1C(C)C. The van der Waals surface area contributed by atoms with Gasteiger partial charge in [0.1, 0.15) is 11.5 Å². The van der Waals surface area contributed by atoms with Crippen molar-refractivity contribution in [1.82, 2.24) is 4.98 Å². The first-order valence-corrected chi connectivity index (χ1v) is 12.2. The molecule has 1 saturated heterocycles. The molecule has 6 nitrogen and oxygen atoms in total. The van der Waals surface area contributed by atoms with Crippen molar-refractivity contribution in [3.05, 3.63) is 94.3 Å². The molecule has 3 aromatic rings. The average molecular weight is 485 g/mol. The molecule has 1 aliphatic heterocycles. The quantitative estimate of drug-likeness (QED) is 0.253. The molecule has 1 fully saturated rings. The number of rotatable bonds is 6. The van der Waals surface area contributed by atoms with E-state index in [0.29, 0.717) is 22.7 Å². The third-order valence-electron chi connectivity index (χ3n) is 6.76. The Labute approximate surface area is 212 Å². The summed E-state index contributed by atoms with van der Waals surface area (Å²) in [6.07, 6.45) is 3.24. The zero-order valence-corrected chi connectivity index (χ0v) is 21.6. The van der Waals surface area contributed by atoms with Crippen LogP contribution in [0.1, 0.15) is 73.4 Å². The highest BCUT2D eigenvalue weighted by molar-refractivity contribution is 6.51. The number of pyridine rings is 1. The number of hydrogen-bond donors (Lipinski definition) is 1. The van der Waals surface area contributed by atoms with Crippen molar-refractivity contribution >= 4 is 23.1 Å². The van der Waals surface area contributed by atoms with E-state index in [1.54, 1.807) is 31.6 Å². The van der Waals surface area contributed by atoms with Gasteiger partial charge in [-0.05, 0) is 77.4 Å². The molecular weight excluding hydrogens is 452 g/mol. The average Bonchev–Trinajstić information content (AvgIpc) is 3.14. The lowest BCUT2D eigenvalue weighted by Crippen LogP contribution is -2.29. The van der Waals surface area contributed by atoms with Crippen LogP contribution < -0.4 is 9.64 Å². The van der Waals surface area contributed by atoms with Gasteiger partial charge in [0.25, 0.3) is 11.7 Å². The van der Waals surface area contributed by atoms with Crippen LogP contribution in [0, 0.1) is 6.92 Å². The molecule has 6 heteroatoms. The Bertz CT molecular complexity index is 1330. The molecule has 0 spiro atoms. The van der Waals surface area contributed by atoms with E-state index in [1.165, 1.54) is 4.90 Å². The van der Waals surface area contributed by atoms with Gasteiger partial charge in [-0.1, -0.05) is 39.8 Å². The molecule has 4 rings (SSSR count). The predicted octanol–water partition coefficient (Wildman–Crippen LogP) is 6.27. The lowest BCUT2D eigenvalue weighted by atomic mass is 9.91. The Morgan fingerprint density at radius 1 is 0.972 bits per heavy atom. The number of carbonyl (C=O) groups excluding carboxylic acids is 2. The van der Waals surface area contributed by atoms with Gasteiger partial charge in [0, 0.05) is 23.6 Å². The molecule has 2 aromatic carbocycles. The summed E-state index contributed by atoms with van der Waals surface area (Å²) in [6, 6.07) is 14.1. The number of ether oxygens (including phenoxy) is 1. The van der Waals surface area contributed by atoms with Crippen LogP contribution in [0.15, 0.2) is 66.5 Å². The number of anilines is 1. The highest BCUT2D eigenvalue weighted by atomic mass is 16.5. The van der Waals surface area contributed by atoms with E-state index in [1.807, 2.05) is 57.2 Å². The van der Waals surface area contributed by atoms with E-state index in [4.69, 9.17) is 4.74 Å². The van der Waals surface area contributed by atoms with Gasteiger partial charge in [-0.15, -0.1) is 0 Å². The first kappa shape index (κ1) is 25.2. The van der Waals surface area contributed by atoms with Gasteiger partial charge in [-0.3, -0.25) is 19.5 Å². The van der Waals surface area contributed by atoms with E-state index in [0.717, 1.165) is 22.4 Å². The van der Waals surface area contributed by atoms with Crippen molar-refractivity contribution < 1.29 is 19.4 Å². The summed E-state index contributed by atoms with van der Waals surface area (Å²) in [7, 11) is 1.61. The second-order valence-corrected chi connectivity index (χ2v) is 9.76. The molecule has 1 aliphatic rings. The molecule has 1 atom stereocenters. The summed E-state index contributed by atoms with van der Waals surface area (Å²) in [6.45, 7) is 10.1. The van der Waals surface area contributed by atoms with Crippen molar-refractivity contribution in [1.29, 1.82) is 0 Å². The fourth-order valence-corrected chi connectivity index (χ4v) is 4.71. The van der Waals surface area contributed by atoms with Crippen LogP contribution in [0.4, 0.5) is 5.69 Å².